The first-order valence-electron chi connectivity index (χ1n) is 8.09. The van der Waals surface area contributed by atoms with Gasteiger partial charge in [-0.3, -0.25) is 0 Å². The minimum absolute atomic E-state index is 0.0659. The molecule has 2 aliphatic rings. The highest BCUT2D eigenvalue weighted by atomic mass is 16.5. The van der Waals surface area contributed by atoms with Crippen molar-refractivity contribution in [2.45, 2.75) is 25.7 Å². The van der Waals surface area contributed by atoms with E-state index in [1.54, 1.807) is 7.11 Å². The van der Waals surface area contributed by atoms with E-state index in [9.17, 15) is 4.79 Å². The molecule has 22 heavy (non-hydrogen) atoms. The zero-order chi connectivity index (χ0) is 15.4. The summed E-state index contributed by atoms with van der Waals surface area (Å²) in [7, 11) is 1.66. The number of benzene rings is 1. The molecule has 0 aliphatic carbocycles. The van der Waals surface area contributed by atoms with E-state index >= 15 is 0 Å². The number of amides is 2. The van der Waals surface area contributed by atoms with Gasteiger partial charge in [-0.1, -0.05) is 12.1 Å². The fourth-order valence-electron chi connectivity index (χ4n) is 3.19. The van der Waals surface area contributed by atoms with Crippen molar-refractivity contribution in [2.24, 2.45) is 5.92 Å². The van der Waals surface area contributed by atoms with Crippen molar-refractivity contribution in [2.75, 3.05) is 33.4 Å². The molecule has 2 amide bonds. The van der Waals surface area contributed by atoms with E-state index in [2.05, 4.69) is 11.4 Å². The number of carbonyl (C=O) groups is 1. The van der Waals surface area contributed by atoms with E-state index < -0.39 is 0 Å². The number of piperidine rings is 1. The van der Waals surface area contributed by atoms with Crippen molar-refractivity contribution in [1.29, 1.82) is 0 Å². The Labute approximate surface area is 131 Å². The molecule has 0 unspecified atom stereocenters. The molecule has 0 radical (unpaired) electrons. The van der Waals surface area contributed by atoms with Crippen LogP contribution in [-0.2, 0) is 6.42 Å². The number of para-hydroxylation sites is 1. The van der Waals surface area contributed by atoms with E-state index in [1.165, 1.54) is 6.42 Å². The summed E-state index contributed by atoms with van der Waals surface area (Å²) >= 11 is 0. The SMILES string of the molecule is COc1cccc2c1OC[C@H](CNC(=O)N1CCCCC1)C2. The Hall–Kier alpha value is -1.91. The number of hydrogen-bond acceptors (Lipinski definition) is 3. The average Bonchev–Trinajstić information content (AvgIpc) is 2.59. The predicted molar refractivity (Wildman–Crippen MR) is 84.5 cm³/mol. The quantitative estimate of drug-likeness (QED) is 0.933. The molecule has 0 spiro atoms. The lowest BCUT2D eigenvalue weighted by Gasteiger charge is -2.29. The van der Waals surface area contributed by atoms with Crippen LogP contribution in [0.15, 0.2) is 18.2 Å². The number of nitrogens with one attached hydrogen (secondary N) is 1. The first-order valence-corrected chi connectivity index (χ1v) is 8.09. The zero-order valence-corrected chi connectivity index (χ0v) is 13.1. The van der Waals surface area contributed by atoms with E-state index in [-0.39, 0.29) is 6.03 Å². The molecule has 120 valence electrons. The maximum atomic E-state index is 12.1. The summed E-state index contributed by atoms with van der Waals surface area (Å²) in [4.78, 5) is 14.1. The molecule has 1 N–H and O–H groups in total. The monoisotopic (exact) mass is 304 g/mol. The number of rotatable bonds is 3. The van der Waals surface area contributed by atoms with Gasteiger partial charge in [0.1, 0.15) is 0 Å². The van der Waals surface area contributed by atoms with Gasteiger partial charge in [0.25, 0.3) is 0 Å². The van der Waals surface area contributed by atoms with Crippen molar-refractivity contribution >= 4 is 6.03 Å². The molecule has 2 heterocycles. The predicted octanol–water partition coefficient (Wildman–Crippen LogP) is 2.44. The van der Waals surface area contributed by atoms with E-state index in [1.807, 2.05) is 17.0 Å². The van der Waals surface area contributed by atoms with Gasteiger partial charge in [-0.25, -0.2) is 4.79 Å². The number of urea groups is 1. The van der Waals surface area contributed by atoms with Crippen molar-refractivity contribution in [3.8, 4) is 11.5 Å². The van der Waals surface area contributed by atoms with Gasteiger partial charge >= 0.3 is 6.03 Å². The van der Waals surface area contributed by atoms with Gasteiger partial charge in [-0.05, 0) is 37.3 Å². The first kappa shape index (κ1) is 15.0. The van der Waals surface area contributed by atoms with Gasteiger partial charge in [0.2, 0.25) is 0 Å². The summed E-state index contributed by atoms with van der Waals surface area (Å²) in [5.41, 5.74) is 1.16. The summed E-state index contributed by atoms with van der Waals surface area (Å²) in [6.45, 7) is 3.04. The molecule has 1 fully saturated rings. The summed E-state index contributed by atoms with van der Waals surface area (Å²) in [5, 5.41) is 3.06. The van der Waals surface area contributed by atoms with Crippen LogP contribution in [0.25, 0.3) is 0 Å². The van der Waals surface area contributed by atoms with Crippen LogP contribution in [0.2, 0.25) is 0 Å². The Bertz CT molecular complexity index is 527. The largest absolute Gasteiger partial charge is 0.493 e. The number of fused-ring (bicyclic) bond motifs is 1. The average molecular weight is 304 g/mol. The summed E-state index contributed by atoms with van der Waals surface area (Å²) < 4.78 is 11.2. The zero-order valence-electron chi connectivity index (χ0n) is 13.1. The summed E-state index contributed by atoms with van der Waals surface area (Å²) in [6.07, 6.45) is 4.38. The molecule has 1 saturated heterocycles. The number of methoxy groups -OCH3 is 1. The summed E-state index contributed by atoms with van der Waals surface area (Å²) in [6, 6.07) is 6.03. The summed E-state index contributed by atoms with van der Waals surface area (Å²) in [5.74, 6) is 1.95. The highest BCUT2D eigenvalue weighted by Crippen LogP contribution is 2.35. The van der Waals surface area contributed by atoms with Crippen molar-refractivity contribution in [3.05, 3.63) is 23.8 Å². The molecule has 0 bridgehead atoms. The van der Waals surface area contributed by atoms with Crippen molar-refractivity contribution in [1.82, 2.24) is 10.2 Å². The highest BCUT2D eigenvalue weighted by Gasteiger charge is 2.24. The molecule has 5 heteroatoms. The Morgan fingerprint density at radius 2 is 2.18 bits per heavy atom. The van der Waals surface area contributed by atoms with Crippen LogP contribution in [0.3, 0.4) is 0 Å². The Morgan fingerprint density at radius 3 is 2.95 bits per heavy atom. The molecular formula is C17H24N2O3. The fourth-order valence-corrected chi connectivity index (χ4v) is 3.19. The van der Waals surface area contributed by atoms with Crippen LogP contribution < -0.4 is 14.8 Å². The minimum Gasteiger partial charge on any atom is -0.493 e. The van der Waals surface area contributed by atoms with Crippen molar-refractivity contribution < 1.29 is 14.3 Å². The lowest BCUT2D eigenvalue weighted by Crippen LogP contribution is -2.45. The number of nitrogens with zero attached hydrogens (tertiary/aromatic N) is 1. The lowest BCUT2D eigenvalue weighted by molar-refractivity contribution is 0.176. The van der Waals surface area contributed by atoms with Crippen LogP contribution >= 0.6 is 0 Å². The lowest BCUT2D eigenvalue weighted by atomic mass is 9.96. The Kier molecular flexibility index (Phi) is 4.71. The second-order valence-corrected chi connectivity index (χ2v) is 6.06. The van der Waals surface area contributed by atoms with Gasteiger partial charge < -0.3 is 19.7 Å². The normalized spacial score (nSPS) is 20.8. The molecular weight excluding hydrogens is 280 g/mol. The van der Waals surface area contributed by atoms with Gasteiger partial charge in [0.05, 0.1) is 13.7 Å². The molecule has 0 aromatic heterocycles. The number of hydrogen-bond donors (Lipinski definition) is 1. The van der Waals surface area contributed by atoms with E-state index in [0.29, 0.717) is 19.1 Å². The third-order valence-corrected chi connectivity index (χ3v) is 4.44. The smallest absolute Gasteiger partial charge is 0.317 e. The molecule has 0 saturated carbocycles. The number of carbonyl (C=O) groups excluding carboxylic acids is 1. The van der Waals surface area contributed by atoms with Crippen LogP contribution in [0.4, 0.5) is 4.79 Å². The maximum absolute atomic E-state index is 12.1. The van der Waals surface area contributed by atoms with Gasteiger partial charge in [0, 0.05) is 25.6 Å². The Balaban J connectivity index is 1.53. The topological polar surface area (TPSA) is 50.8 Å². The molecule has 3 rings (SSSR count). The van der Waals surface area contributed by atoms with Gasteiger partial charge in [-0.2, -0.15) is 0 Å². The molecule has 1 atom stereocenters. The second-order valence-electron chi connectivity index (χ2n) is 6.06. The van der Waals surface area contributed by atoms with Crippen LogP contribution in [0, 0.1) is 5.92 Å². The second kappa shape index (κ2) is 6.90. The third kappa shape index (κ3) is 3.29. The number of ether oxygens (including phenoxy) is 2. The molecule has 2 aliphatic heterocycles. The Morgan fingerprint density at radius 1 is 1.36 bits per heavy atom. The third-order valence-electron chi connectivity index (χ3n) is 4.44. The fraction of sp³-hybridized carbons (Fsp3) is 0.588. The molecule has 1 aromatic rings. The number of likely N-dealkylation sites (tertiary alicyclic amines) is 1. The molecule has 1 aromatic carbocycles. The standard InChI is InChI=1S/C17H24N2O3/c1-21-15-7-5-6-14-10-13(12-22-16(14)15)11-18-17(20)19-8-3-2-4-9-19/h5-7,13H,2-4,8-12H2,1H3,(H,18,20)/t13-/m0/s1. The van der Waals surface area contributed by atoms with Crippen LogP contribution in [-0.4, -0.2) is 44.3 Å². The van der Waals surface area contributed by atoms with E-state index in [0.717, 1.165) is 49.4 Å². The first-order chi connectivity index (χ1) is 10.8. The molecule has 5 nitrogen and oxygen atoms in total. The maximum Gasteiger partial charge on any atom is 0.317 e. The van der Waals surface area contributed by atoms with Crippen molar-refractivity contribution in [3.63, 3.8) is 0 Å². The highest BCUT2D eigenvalue weighted by molar-refractivity contribution is 5.74. The van der Waals surface area contributed by atoms with Crippen LogP contribution in [0.1, 0.15) is 24.8 Å². The van der Waals surface area contributed by atoms with E-state index in [4.69, 9.17) is 9.47 Å². The van der Waals surface area contributed by atoms with Crippen LogP contribution in [0.5, 0.6) is 11.5 Å². The van der Waals surface area contributed by atoms with Gasteiger partial charge in [0.15, 0.2) is 11.5 Å². The van der Waals surface area contributed by atoms with Gasteiger partial charge in [-0.15, -0.1) is 0 Å². The minimum atomic E-state index is 0.0659.